The number of sulfonamides is 1. The van der Waals surface area contributed by atoms with Gasteiger partial charge in [0.25, 0.3) is 0 Å². The van der Waals surface area contributed by atoms with Crippen LogP contribution in [0.2, 0.25) is 0 Å². The van der Waals surface area contributed by atoms with E-state index < -0.39 is 21.2 Å². The molecule has 0 amide bonds. The highest BCUT2D eigenvalue weighted by Crippen LogP contribution is 2.14. The number of benzene rings is 1. The van der Waals surface area contributed by atoms with Crippen LogP contribution in [-0.2, 0) is 26.1 Å². The van der Waals surface area contributed by atoms with E-state index in [1.54, 1.807) is 24.3 Å². The van der Waals surface area contributed by atoms with Crippen LogP contribution in [-0.4, -0.2) is 38.1 Å². The second-order valence-electron chi connectivity index (χ2n) is 4.21. The second-order valence-corrected chi connectivity index (χ2v) is 6.57. The Labute approximate surface area is 113 Å². The van der Waals surface area contributed by atoms with Crippen molar-refractivity contribution in [1.82, 2.24) is 4.31 Å². The van der Waals surface area contributed by atoms with Crippen molar-refractivity contribution >= 4 is 21.7 Å². The monoisotopic (exact) mass is 286 g/mol. The van der Waals surface area contributed by atoms with E-state index in [-0.39, 0.29) is 6.54 Å². The van der Waals surface area contributed by atoms with Gasteiger partial charge >= 0.3 is 5.97 Å². The van der Waals surface area contributed by atoms with Gasteiger partial charge in [0.05, 0.1) is 7.11 Å². The first kappa shape index (κ1) is 15.5. The number of hydrogen-bond donors (Lipinski definition) is 1. The summed E-state index contributed by atoms with van der Waals surface area (Å²) in [6, 6.07) is 6.87. The summed E-state index contributed by atoms with van der Waals surface area (Å²) >= 11 is 0. The lowest BCUT2D eigenvalue weighted by atomic mass is 10.2. The molecule has 19 heavy (non-hydrogen) atoms. The highest BCUT2D eigenvalue weighted by molar-refractivity contribution is 7.90. The fourth-order valence-electron chi connectivity index (χ4n) is 1.53. The van der Waals surface area contributed by atoms with Gasteiger partial charge in [-0.1, -0.05) is 12.1 Å². The third-order valence-electron chi connectivity index (χ3n) is 2.80. The fourth-order valence-corrected chi connectivity index (χ4v) is 2.74. The van der Waals surface area contributed by atoms with Crippen LogP contribution in [0.4, 0.5) is 5.69 Å². The third-order valence-corrected chi connectivity index (χ3v) is 4.88. The van der Waals surface area contributed by atoms with E-state index in [4.69, 9.17) is 5.73 Å². The summed E-state index contributed by atoms with van der Waals surface area (Å²) < 4.78 is 29.8. The first-order chi connectivity index (χ1) is 8.78. The van der Waals surface area contributed by atoms with E-state index >= 15 is 0 Å². The zero-order chi connectivity index (χ0) is 14.6. The molecule has 7 heteroatoms. The molecule has 0 aliphatic rings. The van der Waals surface area contributed by atoms with Crippen LogP contribution >= 0.6 is 0 Å². The van der Waals surface area contributed by atoms with Crippen LogP contribution in [0.25, 0.3) is 0 Å². The lowest BCUT2D eigenvalue weighted by Crippen LogP contribution is -2.39. The summed E-state index contributed by atoms with van der Waals surface area (Å²) in [4.78, 5) is 11.3. The number of nitrogen functional groups attached to an aromatic ring is 1. The van der Waals surface area contributed by atoms with Crippen molar-refractivity contribution in [3.63, 3.8) is 0 Å². The molecule has 0 bridgehead atoms. The van der Waals surface area contributed by atoms with Crippen molar-refractivity contribution in [3.8, 4) is 0 Å². The molecule has 0 aliphatic carbocycles. The normalized spacial score (nSPS) is 13.3. The second kappa shape index (κ2) is 6.03. The molecule has 0 aromatic heterocycles. The maximum absolute atomic E-state index is 12.1. The Balaban J connectivity index is 2.84. The number of methoxy groups -OCH3 is 1. The van der Waals surface area contributed by atoms with Gasteiger partial charge in [0.1, 0.15) is 0 Å². The number of anilines is 1. The number of ether oxygens (including phenoxy) is 1. The van der Waals surface area contributed by atoms with Crippen molar-refractivity contribution in [3.05, 3.63) is 29.8 Å². The lowest BCUT2D eigenvalue weighted by molar-refractivity contribution is -0.139. The Bertz CT molecular complexity index is 539. The van der Waals surface area contributed by atoms with Crippen LogP contribution < -0.4 is 5.73 Å². The SMILES string of the molecule is COC(=O)C(C)S(=O)(=O)N(C)Cc1ccc(N)cc1. The zero-order valence-corrected chi connectivity index (χ0v) is 12.0. The van der Waals surface area contributed by atoms with Gasteiger partial charge in [0.2, 0.25) is 10.0 Å². The molecule has 1 unspecified atom stereocenters. The molecule has 106 valence electrons. The number of esters is 1. The van der Waals surface area contributed by atoms with Crippen LogP contribution in [0.3, 0.4) is 0 Å². The Morgan fingerprint density at radius 2 is 1.89 bits per heavy atom. The number of carbonyl (C=O) groups excluding carboxylic acids is 1. The summed E-state index contributed by atoms with van der Waals surface area (Å²) in [5.74, 6) is -0.774. The summed E-state index contributed by atoms with van der Waals surface area (Å²) in [5, 5.41) is -1.23. The summed E-state index contributed by atoms with van der Waals surface area (Å²) in [5.41, 5.74) is 6.95. The topological polar surface area (TPSA) is 89.7 Å². The van der Waals surface area contributed by atoms with Gasteiger partial charge in [-0.25, -0.2) is 8.42 Å². The molecule has 6 nitrogen and oxygen atoms in total. The molecule has 1 atom stereocenters. The molecular formula is C12H18N2O4S. The van der Waals surface area contributed by atoms with Gasteiger partial charge in [-0.15, -0.1) is 0 Å². The summed E-state index contributed by atoms with van der Waals surface area (Å²) in [7, 11) is -1.15. The molecular weight excluding hydrogens is 268 g/mol. The van der Waals surface area contributed by atoms with Gasteiger partial charge in [0.15, 0.2) is 5.25 Å². The lowest BCUT2D eigenvalue weighted by Gasteiger charge is -2.20. The molecule has 0 fully saturated rings. The van der Waals surface area contributed by atoms with Crippen LogP contribution in [0.15, 0.2) is 24.3 Å². The minimum absolute atomic E-state index is 0.171. The van der Waals surface area contributed by atoms with E-state index in [0.29, 0.717) is 5.69 Å². The van der Waals surface area contributed by atoms with Crippen LogP contribution in [0.5, 0.6) is 0 Å². The van der Waals surface area contributed by atoms with Crippen molar-refractivity contribution in [1.29, 1.82) is 0 Å². The summed E-state index contributed by atoms with van der Waals surface area (Å²) in [6.45, 7) is 1.48. The highest BCUT2D eigenvalue weighted by atomic mass is 32.2. The maximum Gasteiger partial charge on any atom is 0.325 e. The first-order valence-electron chi connectivity index (χ1n) is 5.66. The molecule has 0 radical (unpaired) electrons. The van der Waals surface area contributed by atoms with Gasteiger partial charge < -0.3 is 10.5 Å². The van der Waals surface area contributed by atoms with Crippen molar-refractivity contribution < 1.29 is 17.9 Å². The molecule has 0 saturated heterocycles. The molecule has 1 rings (SSSR count). The summed E-state index contributed by atoms with van der Waals surface area (Å²) in [6.07, 6.45) is 0. The molecule has 0 aliphatic heterocycles. The fraction of sp³-hybridized carbons (Fsp3) is 0.417. The van der Waals surface area contributed by atoms with E-state index in [1.165, 1.54) is 14.0 Å². The molecule has 0 spiro atoms. The third kappa shape index (κ3) is 3.68. The Kier molecular flexibility index (Phi) is 4.90. The Morgan fingerprint density at radius 1 is 1.37 bits per heavy atom. The van der Waals surface area contributed by atoms with Gasteiger partial charge in [-0.05, 0) is 24.6 Å². The number of carbonyl (C=O) groups is 1. The number of nitrogens with two attached hydrogens (primary N) is 1. The largest absolute Gasteiger partial charge is 0.468 e. The van der Waals surface area contributed by atoms with E-state index in [0.717, 1.165) is 17.0 Å². The first-order valence-corrected chi connectivity index (χ1v) is 7.16. The van der Waals surface area contributed by atoms with E-state index in [1.807, 2.05) is 0 Å². The van der Waals surface area contributed by atoms with Gasteiger partial charge in [-0.3, -0.25) is 4.79 Å². The molecule has 1 aromatic carbocycles. The van der Waals surface area contributed by atoms with Crippen LogP contribution in [0, 0.1) is 0 Å². The average molecular weight is 286 g/mol. The molecule has 0 saturated carbocycles. The average Bonchev–Trinajstić information content (AvgIpc) is 2.39. The number of rotatable bonds is 5. The maximum atomic E-state index is 12.1. The number of nitrogens with zero attached hydrogens (tertiary/aromatic N) is 1. The standard InChI is InChI=1S/C12H18N2O4S/c1-9(12(15)18-3)19(16,17)14(2)8-10-4-6-11(13)7-5-10/h4-7,9H,8,13H2,1-3H3. The minimum Gasteiger partial charge on any atom is -0.468 e. The molecule has 1 aromatic rings. The van der Waals surface area contributed by atoms with Crippen LogP contribution in [0.1, 0.15) is 12.5 Å². The van der Waals surface area contributed by atoms with Gasteiger partial charge in [-0.2, -0.15) is 4.31 Å². The Morgan fingerprint density at radius 3 is 2.37 bits per heavy atom. The molecule has 2 N–H and O–H groups in total. The zero-order valence-electron chi connectivity index (χ0n) is 11.2. The van der Waals surface area contributed by atoms with E-state index in [9.17, 15) is 13.2 Å². The number of hydrogen-bond acceptors (Lipinski definition) is 5. The van der Waals surface area contributed by atoms with Crippen molar-refractivity contribution in [2.45, 2.75) is 18.7 Å². The quantitative estimate of drug-likeness (QED) is 0.632. The smallest absolute Gasteiger partial charge is 0.325 e. The predicted octanol–water partition coefficient (Wildman–Crippen LogP) is 0.592. The van der Waals surface area contributed by atoms with Crippen molar-refractivity contribution in [2.75, 3.05) is 19.9 Å². The van der Waals surface area contributed by atoms with Crippen molar-refractivity contribution in [2.24, 2.45) is 0 Å². The van der Waals surface area contributed by atoms with E-state index in [2.05, 4.69) is 4.74 Å². The minimum atomic E-state index is -3.73. The van der Waals surface area contributed by atoms with Gasteiger partial charge in [0, 0.05) is 19.3 Å². The highest BCUT2D eigenvalue weighted by Gasteiger charge is 2.32. The molecule has 0 heterocycles. The predicted molar refractivity (Wildman–Crippen MR) is 72.7 cm³/mol. The Hall–Kier alpha value is -1.60.